The van der Waals surface area contributed by atoms with Crippen LogP contribution in [0.25, 0.3) is 11.1 Å². The summed E-state index contributed by atoms with van der Waals surface area (Å²) in [6, 6.07) is 23.1. The molecule has 0 bridgehead atoms. The largest absolute Gasteiger partial charge is 0.422 e. The lowest BCUT2D eigenvalue weighted by atomic mass is 9.81. The molecule has 0 aromatic heterocycles. The SMILES string of the molecule is FC(F)(F)C1(c2ccccc2)Cc2cccc(-c3ccccc3)c2CO1. The first kappa shape index (κ1) is 16.9. The van der Waals surface area contributed by atoms with Crippen LogP contribution in [0.2, 0.25) is 0 Å². The van der Waals surface area contributed by atoms with E-state index < -0.39 is 11.8 Å². The van der Waals surface area contributed by atoms with Gasteiger partial charge in [0.1, 0.15) is 0 Å². The summed E-state index contributed by atoms with van der Waals surface area (Å²) in [4.78, 5) is 0. The van der Waals surface area contributed by atoms with Crippen LogP contribution < -0.4 is 0 Å². The van der Waals surface area contributed by atoms with Crippen LogP contribution in [0.4, 0.5) is 13.2 Å². The van der Waals surface area contributed by atoms with Crippen LogP contribution in [0.15, 0.2) is 78.9 Å². The summed E-state index contributed by atoms with van der Waals surface area (Å²) in [5.74, 6) is 0. The molecule has 1 heterocycles. The number of fused-ring (bicyclic) bond motifs is 1. The predicted molar refractivity (Wildman–Crippen MR) is 94.5 cm³/mol. The molecule has 4 rings (SSSR count). The third-order valence-electron chi connectivity index (χ3n) is 4.96. The van der Waals surface area contributed by atoms with Crippen LogP contribution in [0.5, 0.6) is 0 Å². The molecule has 4 heteroatoms. The highest BCUT2D eigenvalue weighted by Crippen LogP contribution is 2.49. The molecule has 1 aliphatic rings. The zero-order valence-corrected chi connectivity index (χ0v) is 14.0. The van der Waals surface area contributed by atoms with Crippen LogP contribution in [0.3, 0.4) is 0 Å². The molecule has 3 aromatic rings. The van der Waals surface area contributed by atoms with Gasteiger partial charge in [-0.1, -0.05) is 78.9 Å². The van der Waals surface area contributed by atoms with Gasteiger partial charge < -0.3 is 4.74 Å². The number of rotatable bonds is 2. The normalized spacial score (nSPS) is 19.8. The van der Waals surface area contributed by atoms with Gasteiger partial charge >= 0.3 is 6.18 Å². The van der Waals surface area contributed by atoms with Crippen molar-refractivity contribution < 1.29 is 17.9 Å². The highest BCUT2D eigenvalue weighted by molar-refractivity contribution is 5.69. The van der Waals surface area contributed by atoms with Gasteiger partial charge in [-0.05, 0) is 27.8 Å². The maximum Gasteiger partial charge on any atom is 0.422 e. The van der Waals surface area contributed by atoms with Gasteiger partial charge in [-0.25, -0.2) is 0 Å². The van der Waals surface area contributed by atoms with E-state index in [9.17, 15) is 13.2 Å². The minimum absolute atomic E-state index is 0.0746. The second kappa shape index (κ2) is 6.29. The summed E-state index contributed by atoms with van der Waals surface area (Å²) >= 11 is 0. The van der Waals surface area contributed by atoms with E-state index in [-0.39, 0.29) is 18.6 Å². The Balaban J connectivity index is 1.83. The molecule has 3 aromatic carbocycles. The lowest BCUT2D eigenvalue weighted by Crippen LogP contribution is -2.48. The number of hydrogen-bond acceptors (Lipinski definition) is 1. The van der Waals surface area contributed by atoms with Crippen molar-refractivity contribution in [3.63, 3.8) is 0 Å². The van der Waals surface area contributed by atoms with E-state index in [2.05, 4.69) is 0 Å². The van der Waals surface area contributed by atoms with Crippen molar-refractivity contribution in [2.75, 3.05) is 0 Å². The molecular weight excluding hydrogens is 337 g/mol. The average molecular weight is 354 g/mol. The summed E-state index contributed by atoms with van der Waals surface area (Å²) < 4.78 is 47.8. The Morgan fingerprint density at radius 2 is 1.42 bits per heavy atom. The van der Waals surface area contributed by atoms with Crippen molar-refractivity contribution in [2.45, 2.75) is 24.8 Å². The number of halogens is 3. The molecular formula is C22H17F3O. The van der Waals surface area contributed by atoms with Crippen LogP contribution in [0, 0.1) is 0 Å². The lowest BCUT2D eigenvalue weighted by Gasteiger charge is -2.40. The Labute approximate surface area is 150 Å². The van der Waals surface area contributed by atoms with Gasteiger partial charge in [-0.3, -0.25) is 0 Å². The Morgan fingerprint density at radius 1 is 0.769 bits per heavy atom. The molecule has 0 radical (unpaired) electrons. The van der Waals surface area contributed by atoms with Crippen molar-refractivity contribution in [2.24, 2.45) is 0 Å². The molecule has 1 nitrogen and oxygen atoms in total. The van der Waals surface area contributed by atoms with Gasteiger partial charge in [0.05, 0.1) is 6.61 Å². The summed E-state index contributed by atoms with van der Waals surface area (Å²) in [6.45, 7) is -0.0746. The monoisotopic (exact) mass is 354 g/mol. The Hall–Kier alpha value is -2.59. The fraction of sp³-hybridized carbons (Fsp3) is 0.182. The fourth-order valence-electron chi connectivity index (χ4n) is 3.61. The van der Waals surface area contributed by atoms with E-state index in [1.54, 1.807) is 24.3 Å². The topological polar surface area (TPSA) is 9.23 Å². The van der Waals surface area contributed by atoms with Crippen LogP contribution >= 0.6 is 0 Å². The molecule has 0 spiro atoms. The van der Waals surface area contributed by atoms with Gasteiger partial charge in [0.15, 0.2) is 5.60 Å². The van der Waals surface area contributed by atoms with Crippen molar-refractivity contribution in [3.8, 4) is 11.1 Å². The average Bonchev–Trinajstić information content (AvgIpc) is 2.67. The van der Waals surface area contributed by atoms with Gasteiger partial charge in [-0.15, -0.1) is 0 Å². The molecule has 0 saturated heterocycles. The van der Waals surface area contributed by atoms with Gasteiger partial charge in [0.25, 0.3) is 0 Å². The van der Waals surface area contributed by atoms with Gasteiger partial charge in [-0.2, -0.15) is 13.2 Å². The summed E-state index contributed by atoms with van der Waals surface area (Å²) in [5, 5.41) is 0. The molecule has 132 valence electrons. The molecule has 1 atom stereocenters. The van der Waals surface area contributed by atoms with E-state index in [0.717, 1.165) is 16.7 Å². The first-order valence-corrected chi connectivity index (χ1v) is 8.44. The van der Waals surface area contributed by atoms with E-state index in [0.29, 0.717) is 5.56 Å². The van der Waals surface area contributed by atoms with E-state index in [1.165, 1.54) is 12.1 Å². The standard InChI is InChI=1S/C22H17F3O/c23-22(24,25)21(18-11-5-2-6-12-18)14-17-10-7-13-19(20(17)15-26-21)16-8-3-1-4-9-16/h1-13H,14-15H2. The number of ether oxygens (including phenoxy) is 1. The molecule has 1 aliphatic heterocycles. The second-order valence-corrected chi connectivity index (χ2v) is 6.47. The first-order valence-electron chi connectivity index (χ1n) is 8.44. The number of hydrogen-bond donors (Lipinski definition) is 0. The smallest absolute Gasteiger partial charge is 0.356 e. The predicted octanol–water partition coefficient (Wildman–Crippen LogP) is 5.88. The maximum atomic E-state index is 14.1. The third-order valence-corrected chi connectivity index (χ3v) is 4.96. The van der Waals surface area contributed by atoms with Gasteiger partial charge in [0.2, 0.25) is 0 Å². The van der Waals surface area contributed by atoms with Crippen molar-refractivity contribution >= 4 is 0 Å². The fourth-order valence-corrected chi connectivity index (χ4v) is 3.61. The molecule has 0 aliphatic carbocycles. The minimum Gasteiger partial charge on any atom is -0.356 e. The molecule has 0 saturated carbocycles. The minimum atomic E-state index is -4.51. The van der Waals surface area contributed by atoms with Crippen LogP contribution in [-0.4, -0.2) is 6.18 Å². The molecule has 0 amide bonds. The summed E-state index contributed by atoms with van der Waals surface area (Å²) in [6.07, 6.45) is -4.73. The molecule has 0 N–H and O–H groups in total. The van der Waals surface area contributed by atoms with Crippen molar-refractivity contribution in [1.82, 2.24) is 0 Å². The number of alkyl halides is 3. The Kier molecular flexibility index (Phi) is 4.08. The highest BCUT2D eigenvalue weighted by Gasteiger charge is 2.58. The van der Waals surface area contributed by atoms with Gasteiger partial charge in [0, 0.05) is 6.42 Å². The van der Waals surface area contributed by atoms with E-state index in [4.69, 9.17) is 4.74 Å². The Morgan fingerprint density at radius 3 is 2.08 bits per heavy atom. The highest BCUT2D eigenvalue weighted by atomic mass is 19.4. The zero-order valence-electron chi connectivity index (χ0n) is 14.0. The van der Waals surface area contributed by atoms with Crippen LogP contribution in [-0.2, 0) is 23.4 Å². The summed E-state index contributed by atoms with van der Waals surface area (Å²) in [7, 11) is 0. The van der Waals surface area contributed by atoms with E-state index in [1.807, 2.05) is 42.5 Å². The summed E-state index contributed by atoms with van der Waals surface area (Å²) in [5.41, 5.74) is 1.24. The maximum absolute atomic E-state index is 14.1. The quantitative estimate of drug-likeness (QED) is 0.558. The van der Waals surface area contributed by atoms with Crippen LogP contribution in [0.1, 0.15) is 16.7 Å². The molecule has 0 fully saturated rings. The number of benzene rings is 3. The zero-order chi connectivity index (χ0) is 18.2. The lowest BCUT2D eigenvalue weighted by molar-refractivity contribution is -0.293. The third kappa shape index (κ3) is 2.71. The molecule has 1 unspecified atom stereocenters. The van der Waals surface area contributed by atoms with Crippen molar-refractivity contribution in [3.05, 3.63) is 95.6 Å². The van der Waals surface area contributed by atoms with E-state index >= 15 is 0 Å². The Bertz CT molecular complexity index is 904. The molecule has 26 heavy (non-hydrogen) atoms. The van der Waals surface area contributed by atoms with Crippen molar-refractivity contribution in [1.29, 1.82) is 0 Å². The second-order valence-electron chi connectivity index (χ2n) is 6.47. The first-order chi connectivity index (χ1) is 12.5.